The Balaban J connectivity index is 1.64. The number of hydrogen-bond donors (Lipinski definition) is 0. The molecule has 4 aromatic rings. The third-order valence-corrected chi connectivity index (χ3v) is 5.48. The molecule has 2 heterocycles. The van der Waals surface area contributed by atoms with E-state index in [1.54, 1.807) is 12.3 Å². The monoisotopic (exact) mass is 409 g/mol. The van der Waals surface area contributed by atoms with E-state index in [1.807, 2.05) is 42.5 Å². The summed E-state index contributed by atoms with van der Waals surface area (Å²) < 4.78 is 28.0. The van der Waals surface area contributed by atoms with Crippen LogP contribution in [0.25, 0.3) is 10.2 Å². The van der Waals surface area contributed by atoms with Crippen LogP contribution in [0, 0.1) is 11.6 Å². The number of benzene rings is 2. The summed E-state index contributed by atoms with van der Waals surface area (Å²) in [5, 5.41) is 0.327. The molecule has 1 amide bonds. The van der Waals surface area contributed by atoms with Crippen molar-refractivity contribution in [1.82, 2.24) is 9.97 Å². The van der Waals surface area contributed by atoms with Crippen LogP contribution in [-0.2, 0) is 17.8 Å². The molecule has 2 aromatic carbocycles. The van der Waals surface area contributed by atoms with Gasteiger partial charge in [0.25, 0.3) is 0 Å². The molecule has 2 aromatic heterocycles. The Morgan fingerprint density at radius 2 is 1.83 bits per heavy atom. The van der Waals surface area contributed by atoms with Crippen molar-refractivity contribution in [3.8, 4) is 0 Å². The van der Waals surface area contributed by atoms with Crippen molar-refractivity contribution in [2.75, 3.05) is 4.90 Å². The van der Waals surface area contributed by atoms with Crippen LogP contribution >= 0.6 is 11.3 Å². The molecule has 4 nitrogen and oxygen atoms in total. The van der Waals surface area contributed by atoms with Gasteiger partial charge in [0, 0.05) is 18.7 Å². The summed E-state index contributed by atoms with van der Waals surface area (Å²) in [5.74, 6) is -1.56. The van der Waals surface area contributed by atoms with Gasteiger partial charge in [-0.05, 0) is 30.2 Å². The van der Waals surface area contributed by atoms with Gasteiger partial charge in [0.15, 0.2) is 10.9 Å². The van der Waals surface area contributed by atoms with Crippen molar-refractivity contribution < 1.29 is 13.6 Å². The van der Waals surface area contributed by atoms with E-state index < -0.39 is 11.6 Å². The summed E-state index contributed by atoms with van der Waals surface area (Å²) in [5.41, 5.74) is 1.80. The number of thiazole rings is 1. The number of fused-ring (bicyclic) bond motifs is 1. The van der Waals surface area contributed by atoms with Crippen LogP contribution in [0.15, 0.2) is 66.9 Å². The molecule has 29 heavy (non-hydrogen) atoms. The molecule has 146 valence electrons. The number of nitrogens with zero attached hydrogens (tertiary/aromatic N) is 3. The molecule has 0 radical (unpaired) electrons. The number of amides is 1. The number of halogens is 2. The second-order valence-corrected chi connectivity index (χ2v) is 7.53. The Kier molecular flexibility index (Phi) is 5.57. The summed E-state index contributed by atoms with van der Waals surface area (Å²) in [6, 6.07) is 17.2. The molecule has 0 fully saturated rings. The highest BCUT2D eigenvalue weighted by Crippen LogP contribution is 2.32. The van der Waals surface area contributed by atoms with Crippen molar-refractivity contribution in [2.45, 2.75) is 19.4 Å². The number of anilines is 1. The first kappa shape index (κ1) is 19.1. The van der Waals surface area contributed by atoms with Crippen LogP contribution in [-0.4, -0.2) is 15.9 Å². The maximum absolute atomic E-state index is 14.1. The van der Waals surface area contributed by atoms with Crippen LogP contribution < -0.4 is 4.90 Å². The maximum atomic E-state index is 14.1. The molecule has 0 bridgehead atoms. The molecule has 0 saturated carbocycles. The van der Waals surface area contributed by atoms with E-state index in [0.29, 0.717) is 21.9 Å². The maximum Gasteiger partial charge on any atom is 0.229 e. The fourth-order valence-electron chi connectivity index (χ4n) is 3.01. The average molecular weight is 409 g/mol. The molecule has 0 N–H and O–H groups in total. The Hall–Kier alpha value is -3.19. The number of aromatic nitrogens is 2. The average Bonchev–Trinajstić information content (AvgIpc) is 3.16. The third-order valence-electron chi connectivity index (χ3n) is 4.45. The van der Waals surface area contributed by atoms with Gasteiger partial charge in [-0.2, -0.15) is 0 Å². The number of aryl methyl sites for hydroxylation is 1. The number of carbonyl (C=O) groups excluding carboxylic acids is 1. The van der Waals surface area contributed by atoms with Gasteiger partial charge >= 0.3 is 0 Å². The minimum absolute atomic E-state index is 0.0632. The predicted molar refractivity (Wildman–Crippen MR) is 110 cm³/mol. The Labute approximate surface area is 170 Å². The summed E-state index contributed by atoms with van der Waals surface area (Å²) in [7, 11) is 0. The second-order valence-electron chi connectivity index (χ2n) is 6.52. The van der Waals surface area contributed by atoms with E-state index in [0.717, 1.165) is 23.0 Å². The minimum atomic E-state index is -0.739. The normalized spacial score (nSPS) is 11.0. The van der Waals surface area contributed by atoms with Crippen LogP contribution in [0.1, 0.15) is 17.7 Å². The van der Waals surface area contributed by atoms with E-state index in [1.165, 1.54) is 11.0 Å². The molecular formula is C22H17F2N3OS. The van der Waals surface area contributed by atoms with Crippen molar-refractivity contribution in [3.05, 3.63) is 89.8 Å². The summed E-state index contributed by atoms with van der Waals surface area (Å²) in [6.07, 6.45) is 2.49. The van der Waals surface area contributed by atoms with Gasteiger partial charge in [0.05, 0.1) is 16.9 Å². The lowest BCUT2D eigenvalue weighted by molar-refractivity contribution is -0.118. The largest absolute Gasteiger partial charge is 0.282 e. The topological polar surface area (TPSA) is 46.1 Å². The standard InChI is InChI=1S/C22H17F2N3OS/c23-16-12-18(24)21-19(13-16)29-22(26-21)27(14-17-8-4-5-11-25-17)20(28)10-9-15-6-2-1-3-7-15/h1-8,11-13H,9-10,14H2. The van der Waals surface area contributed by atoms with Crippen molar-refractivity contribution in [1.29, 1.82) is 0 Å². The van der Waals surface area contributed by atoms with Crippen molar-refractivity contribution in [3.63, 3.8) is 0 Å². The molecule has 0 aliphatic heterocycles. The zero-order valence-corrected chi connectivity index (χ0v) is 16.2. The van der Waals surface area contributed by atoms with Crippen LogP contribution in [0.4, 0.5) is 13.9 Å². The van der Waals surface area contributed by atoms with Gasteiger partial charge < -0.3 is 0 Å². The Morgan fingerprint density at radius 1 is 1.03 bits per heavy atom. The van der Waals surface area contributed by atoms with Gasteiger partial charge in [-0.3, -0.25) is 14.7 Å². The summed E-state index contributed by atoms with van der Waals surface area (Å²) in [6.45, 7) is 0.207. The Bertz CT molecular complexity index is 1130. The highest BCUT2D eigenvalue weighted by molar-refractivity contribution is 7.22. The van der Waals surface area contributed by atoms with E-state index >= 15 is 0 Å². The molecule has 0 spiro atoms. The highest BCUT2D eigenvalue weighted by Gasteiger charge is 2.22. The van der Waals surface area contributed by atoms with E-state index in [4.69, 9.17) is 0 Å². The van der Waals surface area contributed by atoms with Gasteiger partial charge in [-0.15, -0.1) is 0 Å². The first-order valence-electron chi connectivity index (χ1n) is 9.10. The molecule has 0 atom stereocenters. The second kappa shape index (κ2) is 8.45. The lowest BCUT2D eigenvalue weighted by Gasteiger charge is -2.19. The van der Waals surface area contributed by atoms with Gasteiger partial charge in [-0.1, -0.05) is 47.7 Å². The van der Waals surface area contributed by atoms with Gasteiger partial charge in [-0.25, -0.2) is 13.8 Å². The summed E-state index contributed by atoms with van der Waals surface area (Å²) >= 11 is 1.09. The molecule has 0 unspecified atom stereocenters. The number of carbonyl (C=O) groups is 1. The molecule has 0 aliphatic carbocycles. The van der Waals surface area contributed by atoms with Crippen LogP contribution in [0.3, 0.4) is 0 Å². The highest BCUT2D eigenvalue weighted by atomic mass is 32.1. The summed E-state index contributed by atoms with van der Waals surface area (Å²) in [4.78, 5) is 23.1. The Morgan fingerprint density at radius 3 is 2.59 bits per heavy atom. The fraction of sp³-hybridized carbons (Fsp3) is 0.136. The lowest BCUT2D eigenvalue weighted by atomic mass is 10.1. The van der Waals surface area contributed by atoms with E-state index in [-0.39, 0.29) is 24.4 Å². The SMILES string of the molecule is O=C(CCc1ccccc1)N(Cc1ccccn1)c1nc2c(F)cc(F)cc2s1. The van der Waals surface area contributed by atoms with E-state index in [9.17, 15) is 13.6 Å². The quantitative estimate of drug-likeness (QED) is 0.443. The van der Waals surface area contributed by atoms with Crippen molar-refractivity contribution in [2.24, 2.45) is 0 Å². The fourth-order valence-corrected chi connectivity index (χ4v) is 4.03. The first-order valence-corrected chi connectivity index (χ1v) is 9.91. The smallest absolute Gasteiger partial charge is 0.229 e. The predicted octanol–water partition coefficient (Wildman–Crippen LogP) is 5.14. The van der Waals surface area contributed by atoms with Crippen LogP contribution in [0.2, 0.25) is 0 Å². The van der Waals surface area contributed by atoms with Gasteiger partial charge in [0.2, 0.25) is 5.91 Å². The molecule has 4 rings (SSSR count). The molecular weight excluding hydrogens is 392 g/mol. The number of pyridine rings is 1. The zero-order valence-electron chi connectivity index (χ0n) is 15.4. The zero-order chi connectivity index (χ0) is 20.2. The van der Waals surface area contributed by atoms with Crippen LogP contribution in [0.5, 0.6) is 0 Å². The number of hydrogen-bond acceptors (Lipinski definition) is 4. The minimum Gasteiger partial charge on any atom is -0.282 e. The lowest BCUT2D eigenvalue weighted by Crippen LogP contribution is -2.30. The molecule has 0 aliphatic rings. The third kappa shape index (κ3) is 4.46. The molecule has 0 saturated heterocycles. The molecule has 7 heteroatoms. The first-order chi connectivity index (χ1) is 14.1. The van der Waals surface area contributed by atoms with Crippen molar-refractivity contribution >= 4 is 32.6 Å². The van der Waals surface area contributed by atoms with Gasteiger partial charge in [0.1, 0.15) is 11.3 Å². The van der Waals surface area contributed by atoms with E-state index in [2.05, 4.69) is 9.97 Å². The number of rotatable bonds is 6.